The van der Waals surface area contributed by atoms with Crippen LogP contribution in [0.15, 0.2) is 22.6 Å². The molecule has 116 valence electrons. The minimum absolute atomic E-state index is 0.353. The van der Waals surface area contributed by atoms with Crippen molar-refractivity contribution in [3.05, 3.63) is 23.8 Å². The predicted octanol–water partition coefficient (Wildman–Crippen LogP) is 3.37. The van der Waals surface area contributed by atoms with E-state index in [2.05, 4.69) is 4.40 Å². The first kappa shape index (κ1) is 16.0. The van der Waals surface area contributed by atoms with Crippen molar-refractivity contribution >= 4 is 17.2 Å². The molecule has 4 nitrogen and oxygen atoms in total. The van der Waals surface area contributed by atoms with E-state index in [0.717, 1.165) is 17.9 Å². The lowest BCUT2D eigenvalue weighted by Crippen LogP contribution is -2.19. The Morgan fingerprint density at radius 2 is 2.05 bits per heavy atom. The summed E-state index contributed by atoms with van der Waals surface area (Å²) in [4.78, 5) is 0. The van der Waals surface area contributed by atoms with Gasteiger partial charge >= 0.3 is 0 Å². The number of hydrogen-bond donors (Lipinski definition) is 0. The van der Waals surface area contributed by atoms with Crippen molar-refractivity contribution in [1.29, 1.82) is 0 Å². The van der Waals surface area contributed by atoms with Gasteiger partial charge in [0.1, 0.15) is 11.0 Å². The number of hydrogen-bond acceptors (Lipinski definition) is 3. The summed E-state index contributed by atoms with van der Waals surface area (Å²) < 4.78 is 26.8. The van der Waals surface area contributed by atoms with Crippen molar-refractivity contribution in [3.63, 3.8) is 0 Å². The maximum Gasteiger partial charge on any atom is 0.161 e. The molecule has 0 radical (unpaired) electrons. The Morgan fingerprint density at radius 3 is 2.62 bits per heavy atom. The molecule has 1 unspecified atom stereocenters. The first-order valence-electron chi connectivity index (χ1n) is 7.17. The molecule has 1 fully saturated rings. The lowest BCUT2D eigenvalue weighted by atomic mass is 10.2. The quantitative estimate of drug-likeness (QED) is 0.757. The Labute approximate surface area is 129 Å². The number of rotatable bonds is 6. The van der Waals surface area contributed by atoms with Crippen molar-refractivity contribution in [2.45, 2.75) is 38.4 Å². The van der Waals surface area contributed by atoms with Crippen LogP contribution in [-0.2, 0) is 11.0 Å². The second-order valence-corrected chi connectivity index (χ2v) is 8.19. The Kier molecular flexibility index (Phi) is 5.04. The minimum atomic E-state index is -1.26. The molecule has 1 saturated carbocycles. The van der Waals surface area contributed by atoms with Crippen LogP contribution in [0.1, 0.15) is 39.2 Å². The predicted molar refractivity (Wildman–Crippen MR) is 86.7 cm³/mol. The van der Waals surface area contributed by atoms with Crippen molar-refractivity contribution in [1.82, 2.24) is 0 Å². The Morgan fingerprint density at radius 1 is 1.33 bits per heavy atom. The van der Waals surface area contributed by atoms with Crippen LogP contribution in [0.25, 0.3) is 0 Å². The normalized spacial score (nSPS) is 17.0. The van der Waals surface area contributed by atoms with Crippen LogP contribution in [-0.4, -0.2) is 28.9 Å². The smallest absolute Gasteiger partial charge is 0.161 e. The van der Waals surface area contributed by atoms with E-state index in [1.807, 2.05) is 39.0 Å². The van der Waals surface area contributed by atoms with Gasteiger partial charge in [0, 0.05) is 6.21 Å². The maximum atomic E-state index is 11.9. The molecule has 21 heavy (non-hydrogen) atoms. The van der Waals surface area contributed by atoms with Gasteiger partial charge in [0.25, 0.3) is 0 Å². The average molecular weight is 309 g/mol. The van der Waals surface area contributed by atoms with Gasteiger partial charge in [-0.15, -0.1) is 0 Å². The number of methoxy groups -OCH3 is 1. The monoisotopic (exact) mass is 309 g/mol. The lowest BCUT2D eigenvalue weighted by molar-refractivity contribution is 0.280. The Hall–Kier alpha value is -1.36. The minimum Gasteiger partial charge on any atom is -0.493 e. The maximum absolute atomic E-state index is 11.9. The van der Waals surface area contributed by atoms with Crippen molar-refractivity contribution in [2.75, 3.05) is 13.7 Å². The zero-order chi connectivity index (χ0) is 15.5. The summed E-state index contributed by atoms with van der Waals surface area (Å²) in [6, 6.07) is 5.63. The fourth-order valence-electron chi connectivity index (χ4n) is 1.64. The van der Waals surface area contributed by atoms with E-state index < -0.39 is 11.0 Å². The molecule has 0 amide bonds. The average Bonchev–Trinajstić information content (AvgIpc) is 3.25. The molecule has 1 atom stereocenters. The summed E-state index contributed by atoms with van der Waals surface area (Å²) >= 11 is 0. The second kappa shape index (κ2) is 6.60. The molecule has 5 heteroatoms. The third-order valence-electron chi connectivity index (χ3n) is 3.18. The highest BCUT2D eigenvalue weighted by Crippen LogP contribution is 2.33. The van der Waals surface area contributed by atoms with E-state index in [-0.39, 0.29) is 4.75 Å². The van der Waals surface area contributed by atoms with Gasteiger partial charge in [-0.05, 0) is 63.3 Å². The standard InChI is InChI=1S/C16H23NO3S/c1-16(2,3)21(18)17-10-13-7-8-14(15(9-13)19-4)20-11-12-5-6-12/h7-10,12H,5-6,11H2,1-4H3. The van der Waals surface area contributed by atoms with Crippen LogP contribution in [0.3, 0.4) is 0 Å². The highest BCUT2D eigenvalue weighted by Gasteiger charge is 2.22. The number of benzene rings is 1. The van der Waals surface area contributed by atoms with Gasteiger partial charge in [-0.1, -0.05) is 0 Å². The highest BCUT2D eigenvalue weighted by atomic mass is 32.2. The van der Waals surface area contributed by atoms with Crippen LogP contribution in [0.4, 0.5) is 0 Å². The highest BCUT2D eigenvalue weighted by molar-refractivity contribution is 7.85. The van der Waals surface area contributed by atoms with Gasteiger partial charge in [-0.25, -0.2) is 4.21 Å². The summed E-state index contributed by atoms with van der Waals surface area (Å²) in [5, 5.41) is 0. The molecular formula is C16H23NO3S. The van der Waals surface area contributed by atoms with Crippen LogP contribution in [0, 0.1) is 5.92 Å². The molecule has 2 rings (SSSR count). The van der Waals surface area contributed by atoms with E-state index in [0.29, 0.717) is 11.7 Å². The molecule has 0 bridgehead atoms. The van der Waals surface area contributed by atoms with Crippen LogP contribution < -0.4 is 9.47 Å². The van der Waals surface area contributed by atoms with Gasteiger partial charge in [0.05, 0.1) is 18.5 Å². The van der Waals surface area contributed by atoms with Gasteiger partial charge in [0.15, 0.2) is 11.5 Å². The molecule has 1 aliphatic rings. The number of ether oxygens (including phenoxy) is 2. The van der Waals surface area contributed by atoms with Crippen molar-refractivity contribution in [3.8, 4) is 11.5 Å². The molecule has 0 aromatic heterocycles. The molecule has 1 aromatic carbocycles. The van der Waals surface area contributed by atoms with E-state index in [1.165, 1.54) is 12.8 Å². The summed E-state index contributed by atoms with van der Waals surface area (Å²) in [6.07, 6.45) is 4.13. The summed E-state index contributed by atoms with van der Waals surface area (Å²) in [5.41, 5.74) is 0.850. The summed E-state index contributed by atoms with van der Waals surface area (Å²) in [5.74, 6) is 2.13. The number of nitrogens with zero attached hydrogens (tertiary/aromatic N) is 1. The van der Waals surface area contributed by atoms with Crippen LogP contribution >= 0.6 is 0 Å². The zero-order valence-corrected chi connectivity index (χ0v) is 13.9. The van der Waals surface area contributed by atoms with Gasteiger partial charge in [-0.2, -0.15) is 4.40 Å². The zero-order valence-electron chi connectivity index (χ0n) is 13.1. The summed E-state index contributed by atoms with van der Waals surface area (Å²) in [6.45, 7) is 6.44. The van der Waals surface area contributed by atoms with Crippen molar-refractivity contribution < 1.29 is 13.7 Å². The molecule has 0 N–H and O–H groups in total. The van der Waals surface area contributed by atoms with Gasteiger partial charge in [-0.3, -0.25) is 0 Å². The van der Waals surface area contributed by atoms with Crippen LogP contribution in [0.2, 0.25) is 0 Å². The largest absolute Gasteiger partial charge is 0.493 e. The van der Waals surface area contributed by atoms with Crippen molar-refractivity contribution in [2.24, 2.45) is 10.3 Å². The van der Waals surface area contributed by atoms with Gasteiger partial charge in [0.2, 0.25) is 0 Å². The second-order valence-electron chi connectivity index (χ2n) is 6.26. The fourth-order valence-corrected chi connectivity index (χ4v) is 2.18. The van der Waals surface area contributed by atoms with E-state index in [4.69, 9.17) is 9.47 Å². The Bertz CT molecular complexity index is 545. The third-order valence-corrected chi connectivity index (χ3v) is 4.53. The first-order chi connectivity index (χ1) is 9.90. The van der Waals surface area contributed by atoms with Crippen LogP contribution in [0.5, 0.6) is 11.5 Å². The molecule has 0 saturated heterocycles. The third kappa shape index (κ3) is 4.84. The van der Waals surface area contributed by atoms with Gasteiger partial charge < -0.3 is 9.47 Å². The molecule has 1 aromatic rings. The topological polar surface area (TPSA) is 47.9 Å². The van der Waals surface area contributed by atoms with E-state index >= 15 is 0 Å². The molecular weight excluding hydrogens is 286 g/mol. The first-order valence-corrected chi connectivity index (χ1v) is 8.27. The molecule has 0 heterocycles. The Balaban J connectivity index is 2.07. The lowest BCUT2D eigenvalue weighted by Gasteiger charge is -2.13. The molecule has 0 aliphatic heterocycles. The van der Waals surface area contributed by atoms with E-state index in [9.17, 15) is 4.21 Å². The summed E-state index contributed by atoms with van der Waals surface area (Å²) in [7, 11) is 0.363. The molecule has 1 aliphatic carbocycles. The SMILES string of the molecule is COc1cc(C=NS(=O)C(C)(C)C)ccc1OCC1CC1. The molecule has 0 spiro atoms. The fraction of sp³-hybridized carbons (Fsp3) is 0.562. The van der Waals surface area contributed by atoms with E-state index in [1.54, 1.807) is 13.3 Å².